The molecule has 0 amide bonds. The fourth-order valence-electron chi connectivity index (χ4n) is 2.41. The van der Waals surface area contributed by atoms with Gasteiger partial charge in [0.2, 0.25) is 0 Å². The second-order valence-corrected chi connectivity index (χ2v) is 5.00. The molecule has 1 heterocycles. The second kappa shape index (κ2) is 6.05. The summed E-state index contributed by atoms with van der Waals surface area (Å²) in [4.78, 5) is 0. The number of nitrogens with one attached hydrogen (secondary N) is 1. The lowest BCUT2D eigenvalue weighted by Gasteiger charge is -2.25. The molecule has 1 aromatic carbocycles. The zero-order chi connectivity index (χ0) is 13.0. The molecule has 0 spiro atoms. The highest BCUT2D eigenvalue weighted by Gasteiger charge is 2.18. The molecule has 2 nitrogen and oxygen atoms in total. The first kappa shape index (κ1) is 13.2. The van der Waals surface area contributed by atoms with E-state index in [-0.39, 0.29) is 0 Å². The molecular formula is C16H23NO. The Morgan fingerprint density at radius 1 is 1.28 bits per heavy atom. The maximum Gasteiger partial charge on any atom is 0.0876 e. The molecule has 0 aliphatic carbocycles. The molecule has 1 aliphatic heterocycles. The molecular weight excluding hydrogens is 222 g/mol. The van der Waals surface area contributed by atoms with Crippen LogP contribution in [0, 0.1) is 13.8 Å². The first-order valence-electron chi connectivity index (χ1n) is 6.83. The fraction of sp³-hybridized carbons (Fsp3) is 0.500. The molecule has 1 aliphatic rings. The number of benzene rings is 1. The lowest BCUT2D eigenvalue weighted by Crippen LogP contribution is -2.24. The summed E-state index contributed by atoms with van der Waals surface area (Å²) in [6.45, 7) is 8.31. The largest absolute Gasteiger partial charge is 0.501 e. The average Bonchev–Trinajstić information content (AvgIpc) is 2.40. The molecule has 0 fully saturated rings. The van der Waals surface area contributed by atoms with E-state index in [2.05, 4.69) is 44.3 Å². The summed E-state index contributed by atoms with van der Waals surface area (Å²) in [5.74, 6) is 0. The van der Waals surface area contributed by atoms with E-state index in [4.69, 9.17) is 4.74 Å². The van der Waals surface area contributed by atoms with Gasteiger partial charge in [0.05, 0.1) is 18.9 Å². The van der Waals surface area contributed by atoms with Crippen molar-refractivity contribution in [1.82, 2.24) is 5.32 Å². The van der Waals surface area contributed by atoms with Gasteiger partial charge in [-0.25, -0.2) is 0 Å². The third-order valence-corrected chi connectivity index (χ3v) is 3.61. The minimum absolute atomic E-state index is 0.301. The van der Waals surface area contributed by atoms with Gasteiger partial charge < -0.3 is 10.1 Å². The Bertz CT molecular complexity index is 437. The van der Waals surface area contributed by atoms with Crippen molar-refractivity contribution < 1.29 is 4.74 Å². The molecule has 0 bridgehead atoms. The molecule has 2 rings (SSSR count). The van der Waals surface area contributed by atoms with Crippen molar-refractivity contribution in [2.75, 3.05) is 13.2 Å². The monoisotopic (exact) mass is 245 g/mol. The number of ether oxygens (including phenoxy) is 1. The predicted molar refractivity (Wildman–Crippen MR) is 75.6 cm³/mol. The lowest BCUT2D eigenvalue weighted by atomic mass is 9.93. The summed E-state index contributed by atoms with van der Waals surface area (Å²) >= 11 is 0. The summed E-state index contributed by atoms with van der Waals surface area (Å²) < 4.78 is 5.48. The van der Waals surface area contributed by atoms with Crippen molar-refractivity contribution in [3.8, 4) is 0 Å². The standard InChI is InChI=1S/C16H23NO/c1-4-17-16(15-6-5-9-18-11-15)14-8-7-12(2)13(3)10-14/h7-8,10-11,16-17H,4-6,9H2,1-3H3. The van der Waals surface area contributed by atoms with Crippen LogP contribution in [0.15, 0.2) is 30.0 Å². The molecule has 1 aromatic rings. The van der Waals surface area contributed by atoms with Crippen LogP contribution in [-0.2, 0) is 4.74 Å². The number of hydrogen-bond donors (Lipinski definition) is 1. The van der Waals surface area contributed by atoms with E-state index in [0.717, 1.165) is 26.0 Å². The van der Waals surface area contributed by atoms with Crippen molar-refractivity contribution in [1.29, 1.82) is 0 Å². The summed E-state index contributed by atoms with van der Waals surface area (Å²) in [6, 6.07) is 7.03. The summed E-state index contributed by atoms with van der Waals surface area (Å²) in [6.07, 6.45) is 4.20. The van der Waals surface area contributed by atoms with Crippen LogP contribution in [0.1, 0.15) is 42.5 Å². The van der Waals surface area contributed by atoms with Crippen molar-refractivity contribution in [3.63, 3.8) is 0 Å². The summed E-state index contributed by atoms with van der Waals surface area (Å²) in [7, 11) is 0. The Labute approximate surface area is 110 Å². The van der Waals surface area contributed by atoms with Gasteiger partial charge in [0, 0.05) is 0 Å². The highest BCUT2D eigenvalue weighted by Crippen LogP contribution is 2.28. The molecule has 0 saturated carbocycles. The quantitative estimate of drug-likeness (QED) is 0.874. The minimum Gasteiger partial charge on any atom is -0.501 e. The number of rotatable bonds is 4. The number of aryl methyl sites for hydroxylation is 2. The molecule has 1 atom stereocenters. The lowest BCUT2D eigenvalue weighted by molar-refractivity contribution is 0.219. The van der Waals surface area contributed by atoms with Crippen LogP contribution in [0.25, 0.3) is 0 Å². The van der Waals surface area contributed by atoms with Crippen molar-refractivity contribution in [3.05, 3.63) is 46.7 Å². The van der Waals surface area contributed by atoms with Gasteiger partial charge in [0.25, 0.3) is 0 Å². The number of likely N-dealkylation sites (N-methyl/N-ethyl adjacent to an activating group) is 1. The molecule has 18 heavy (non-hydrogen) atoms. The summed E-state index contributed by atoms with van der Waals surface area (Å²) in [5.41, 5.74) is 5.42. The van der Waals surface area contributed by atoms with Crippen molar-refractivity contribution in [2.45, 2.75) is 39.7 Å². The zero-order valence-corrected chi connectivity index (χ0v) is 11.6. The van der Waals surface area contributed by atoms with Crippen LogP contribution in [0.5, 0.6) is 0 Å². The van der Waals surface area contributed by atoms with E-state index in [1.54, 1.807) is 0 Å². The fourth-order valence-corrected chi connectivity index (χ4v) is 2.41. The third kappa shape index (κ3) is 2.94. The molecule has 98 valence electrons. The van der Waals surface area contributed by atoms with Gasteiger partial charge in [-0.1, -0.05) is 25.1 Å². The van der Waals surface area contributed by atoms with E-state index in [0.29, 0.717) is 6.04 Å². The SMILES string of the molecule is CCNC(C1=COCCC1)c1ccc(C)c(C)c1. The van der Waals surface area contributed by atoms with E-state index in [1.165, 1.54) is 22.3 Å². The van der Waals surface area contributed by atoms with Gasteiger partial charge in [-0.3, -0.25) is 0 Å². The Hall–Kier alpha value is -1.28. The first-order valence-corrected chi connectivity index (χ1v) is 6.83. The normalized spacial score (nSPS) is 16.9. The van der Waals surface area contributed by atoms with Gasteiger partial charge in [-0.2, -0.15) is 0 Å². The molecule has 0 aromatic heterocycles. The van der Waals surface area contributed by atoms with Gasteiger partial charge >= 0.3 is 0 Å². The molecule has 0 saturated heterocycles. The highest BCUT2D eigenvalue weighted by molar-refractivity contribution is 5.35. The minimum atomic E-state index is 0.301. The van der Waals surface area contributed by atoms with Crippen LogP contribution in [0.4, 0.5) is 0 Å². The Morgan fingerprint density at radius 3 is 2.72 bits per heavy atom. The third-order valence-electron chi connectivity index (χ3n) is 3.61. The number of hydrogen-bond acceptors (Lipinski definition) is 2. The van der Waals surface area contributed by atoms with Gasteiger partial charge in [0.1, 0.15) is 0 Å². The second-order valence-electron chi connectivity index (χ2n) is 5.00. The topological polar surface area (TPSA) is 21.3 Å². The van der Waals surface area contributed by atoms with Crippen LogP contribution >= 0.6 is 0 Å². The van der Waals surface area contributed by atoms with Crippen LogP contribution in [0.2, 0.25) is 0 Å². The maximum absolute atomic E-state index is 5.48. The zero-order valence-electron chi connectivity index (χ0n) is 11.6. The summed E-state index contributed by atoms with van der Waals surface area (Å²) in [5, 5.41) is 3.57. The first-order chi connectivity index (χ1) is 8.72. The van der Waals surface area contributed by atoms with E-state index < -0.39 is 0 Å². The van der Waals surface area contributed by atoms with Crippen LogP contribution in [0.3, 0.4) is 0 Å². The van der Waals surface area contributed by atoms with E-state index in [1.807, 2.05) is 6.26 Å². The Balaban J connectivity index is 2.28. The van der Waals surface area contributed by atoms with Gasteiger partial charge in [0.15, 0.2) is 0 Å². The molecule has 2 heteroatoms. The smallest absolute Gasteiger partial charge is 0.0876 e. The highest BCUT2D eigenvalue weighted by atomic mass is 16.5. The Morgan fingerprint density at radius 2 is 2.11 bits per heavy atom. The van der Waals surface area contributed by atoms with Crippen LogP contribution in [-0.4, -0.2) is 13.2 Å². The molecule has 0 radical (unpaired) electrons. The van der Waals surface area contributed by atoms with Crippen LogP contribution < -0.4 is 5.32 Å². The van der Waals surface area contributed by atoms with Gasteiger partial charge in [-0.05, 0) is 55.5 Å². The average molecular weight is 245 g/mol. The van der Waals surface area contributed by atoms with E-state index >= 15 is 0 Å². The molecule has 1 unspecified atom stereocenters. The van der Waals surface area contributed by atoms with E-state index in [9.17, 15) is 0 Å². The predicted octanol–water partition coefficient (Wildman–Crippen LogP) is 3.65. The molecule has 1 N–H and O–H groups in total. The Kier molecular flexibility index (Phi) is 4.43. The maximum atomic E-state index is 5.48. The van der Waals surface area contributed by atoms with Crippen molar-refractivity contribution >= 4 is 0 Å². The van der Waals surface area contributed by atoms with Gasteiger partial charge in [-0.15, -0.1) is 0 Å². The van der Waals surface area contributed by atoms with Crippen molar-refractivity contribution in [2.24, 2.45) is 0 Å².